The SMILES string of the molecule is OCCCCCCN1CCN(CCCCCCO)CC1. The summed E-state index contributed by atoms with van der Waals surface area (Å²) < 4.78 is 0. The molecule has 2 N–H and O–H groups in total. The summed E-state index contributed by atoms with van der Waals surface area (Å²) in [5.41, 5.74) is 0. The van der Waals surface area contributed by atoms with Crippen LogP contribution < -0.4 is 0 Å². The van der Waals surface area contributed by atoms with Gasteiger partial charge in [0, 0.05) is 39.4 Å². The van der Waals surface area contributed by atoms with Crippen LogP contribution in [0.15, 0.2) is 0 Å². The highest BCUT2D eigenvalue weighted by atomic mass is 16.3. The first-order valence-corrected chi connectivity index (χ1v) is 8.53. The standard InChI is InChI=1S/C16H34N2O2/c19-15-7-3-1-5-9-17-11-13-18(14-12-17)10-6-2-4-8-16-20/h19-20H,1-16H2. The lowest BCUT2D eigenvalue weighted by Crippen LogP contribution is -2.46. The number of unbranched alkanes of at least 4 members (excludes halogenated alkanes) is 6. The predicted molar refractivity (Wildman–Crippen MR) is 84.0 cm³/mol. The Morgan fingerprint density at radius 3 is 1.20 bits per heavy atom. The molecule has 0 aliphatic carbocycles. The van der Waals surface area contributed by atoms with Gasteiger partial charge >= 0.3 is 0 Å². The lowest BCUT2D eigenvalue weighted by atomic mass is 10.1. The lowest BCUT2D eigenvalue weighted by Gasteiger charge is -2.34. The van der Waals surface area contributed by atoms with Gasteiger partial charge in [0.1, 0.15) is 0 Å². The summed E-state index contributed by atoms with van der Waals surface area (Å²) >= 11 is 0. The fourth-order valence-electron chi connectivity index (χ4n) is 2.84. The second kappa shape index (κ2) is 12.6. The topological polar surface area (TPSA) is 46.9 Å². The van der Waals surface area contributed by atoms with Crippen LogP contribution in [0.5, 0.6) is 0 Å². The fourth-order valence-corrected chi connectivity index (χ4v) is 2.84. The molecule has 4 nitrogen and oxygen atoms in total. The van der Waals surface area contributed by atoms with Crippen LogP contribution in [0.3, 0.4) is 0 Å². The van der Waals surface area contributed by atoms with Gasteiger partial charge in [0.05, 0.1) is 0 Å². The Morgan fingerprint density at radius 1 is 0.500 bits per heavy atom. The van der Waals surface area contributed by atoms with Gasteiger partial charge in [0.2, 0.25) is 0 Å². The normalized spacial score (nSPS) is 17.7. The average molecular weight is 286 g/mol. The van der Waals surface area contributed by atoms with Crippen molar-refractivity contribution in [3.63, 3.8) is 0 Å². The molecule has 4 heteroatoms. The summed E-state index contributed by atoms with van der Waals surface area (Å²) in [7, 11) is 0. The zero-order chi connectivity index (χ0) is 14.5. The van der Waals surface area contributed by atoms with Crippen molar-refractivity contribution in [1.29, 1.82) is 0 Å². The largest absolute Gasteiger partial charge is 0.396 e. The fraction of sp³-hybridized carbons (Fsp3) is 1.00. The Labute approximate surface area is 124 Å². The lowest BCUT2D eigenvalue weighted by molar-refractivity contribution is 0.128. The first kappa shape index (κ1) is 17.9. The maximum atomic E-state index is 8.73. The third kappa shape index (κ3) is 8.90. The molecule has 0 atom stereocenters. The summed E-state index contributed by atoms with van der Waals surface area (Å²) in [4.78, 5) is 5.17. The highest BCUT2D eigenvalue weighted by molar-refractivity contribution is 4.71. The van der Waals surface area contributed by atoms with E-state index >= 15 is 0 Å². The molecular weight excluding hydrogens is 252 g/mol. The van der Waals surface area contributed by atoms with Gasteiger partial charge < -0.3 is 20.0 Å². The number of nitrogens with zero attached hydrogens (tertiary/aromatic N) is 2. The number of rotatable bonds is 12. The van der Waals surface area contributed by atoms with Crippen LogP contribution in [-0.4, -0.2) is 72.5 Å². The molecule has 1 aliphatic heterocycles. The minimum Gasteiger partial charge on any atom is -0.396 e. The van der Waals surface area contributed by atoms with Crippen molar-refractivity contribution in [3.8, 4) is 0 Å². The third-order valence-corrected chi connectivity index (χ3v) is 4.23. The number of hydrogen-bond acceptors (Lipinski definition) is 4. The van der Waals surface area contributed by atoms with Crippen LogP contribution in [-0.2, 0) is 0 Å². The van der Waals surface area contributed by atoms with E-state index in [-0.39, 0.29) is 0 Å². The molecule has 120 valence electrons. The van der Waals surface area contributed by atoms with Crippen molar-refractivity contribution < 1.29 is 10.2 Å². The van der Waals surface area contributed by atoms with Crippen LogP contribution in [0.4, 0.5) is 0 Å². The Morgan fingerprint density at radius 2 is 0.850 bits per heavy atom. The quantitative estimate of drug-likeness (QED) is 0.536. The zero-order valence-electron chi connectivity index (χ0n) is 13.1. The second-order valence-corrected chi connectivity index (χ2v) is 5.96. The number of piperazine rings is 1. The molecule has 20 heavy (non-hydrogen) atoms. The van der Waals surface area contributed by atoms with Gasteiger partial charge in [-0.3, -0.25) is 0 Å². The molecule has 0 radical (unpaired) electrons. The first-order chi connectivity index (χ1) is 9.86. The summed E-state index contributed by atoms with van der Waals surface area (Å²) in [5.74, 6) is 0. The maximum absolute atomic E-state index is 8.73. The van der Waals surface area contributed by atoms with E-state index in [1.54, 1.807) is 0 Å². The molecular formula is C16H34N2O2. The van der Waals surface area contributed by atoms with Crippen molar-refractivity contribution in [3.05, 3.63) is 0 Å². The predicted octanol–water partition coefficient (Wildman–Crippen LogP) is 1.71. The van der Waals surface area contributed by atoms with Gasteiger partial charge in [-0.05, 0) is 38.8 Å². The van der Waals surface area contributed by atoms with Crippen LogP contribution in [0.25, 0.3) is 0 Å². The molecule has 0 aromatic rings. The zero-order valence-corrected chi connectivity index (χ0v) is 13.1. The van der Waals surface area contributed by atoms with E-state index in [0.29, 0.717) is 13.2 Å². The first-order valence-electron chi connectivity index (χ1n) is 8.53. The van der Waals surface area contributed by atoms with E-state index in [9.17, 15) is 0 Å². The molecule has 1 fully saturated rings. The summed E-state index contributed by atoms with van der Waals surface area (Å²) in [6, 6.07) is 0. The number of aliphatic hydroxyl groups excluding tert-OH is 2. The van der Waals surface area contributed by atoms with Crippen molar-refractivity contribution in [2.24, 2.45) is 0 Å². The van der Waals surface area contributed by atoms with E-state index in [0.717, 1.165) is 12.8 Å². The minimum absolute atomic E-state index is 0.344. The molecule has 1 aliphatic rings. The van der Waals surface area contributed by atoms with Gasteiger partial charge in [0.25, 0.3) is 0 Å². The molecule has 1 saturated heterocycles. The Kier molecular flexibility index (Phi) is 11.2. The Balaban J connectivity index is 1.91. The monoisotopic (exact) mass is 286 g/mol. The minimum atomic E-state index is 0.344. The number of aliphatic hydroxyl groups is 2. The molecule has 0 aromatic heterocycles. The number of hydrogen-bond donors (Lipinski definition) is 2. The van der Waals surface area contributed by atoms with Gasteiger partial charge in [-0.15, -0.1) is 0 Å². The van der Waals surface area contributed by atoms with Crippen LogP contribution in [0.1, 0.15) is 51.4 Å². The summed E-state index contributed by atoms with van der Waals surface area (Å²) in [6.45, 7) is 8.03. The van der Waals surface area contributed by atoms with Gasteiger partial charge in [-0.2, -0.15) is 0 Å². The molecule has 0 bridgehead atoms. The third-order valence-electron chi connectivity index (χ3n) is 4.23. The molecule has 0 aromatic carbocycles. The summed E-state index contributed by atoms with van der Waals surface area (Å²) in [6.07, 6.45) is 9.34. The average Bonchev–Trinajstić information content (AvgIpc) is 2.48. The van der Waals surface area contributed by atoms with Gasteiger partial charge in [0.15, 0.2) is 0 Å². The Bertz CT molecular complexity index is 185. The smallest absolute Gasteiger partial charge is 0.0431 e. The molecule has 1 rings (SSSR count). The van der Waals surface area contributed by atoms with Crippen LogP contribution in [0, 0.1) is 0 Å². The highest BCUT2D eigenvalue weighted by Gasteiger charge is 2.15. The van der Waals surface area contributed by atoms with Gasteiger partial charge in [-0.1, -0.05) is 25.7 Å². The second-order valence-electron chi connectivity index (χ2n) is 5.96. The van der Waals surface area contributed by atoms with E-state index in [1.165, 1.54) is 77.8 Å². The molecule has 1 heterocycles. The van der Waals surface area contributed by atoms with Crippen molar-refractivity contribution in [2.75, 3.05) is 52.5 Å². The van der Waals surface area contributed by atoms with Crippen molar-refractivity contribution in [1.82, 2.24) is 9.80 Å². The van der Waals surface area contributed by atoms with Crippen molar-refractivity contribution >= 4 is 0 Å². The summed E-state index contributed by atoms with van der Waals surface area (Å²) in [5, 5.41) is 17.5. The van der Waals surface area contributed by atoms with Crippen LogP contribution >= 0.6 is 0 Å². The van der Waals surface area contributed by atoms with Gasteiger partial charge in [-0.25, -0.2) is 0 Å². The van der Waals surface area contributed by atoms with E-state index in [2.05, 4.69) is 9.80 Å². The van der Waals surface area contributed by atoms with E-state index in [1.807, 2.05) is 0 Å². The van der Waals surface area contributed by atoms with Crippen molar-refractivity contribution in [2.45, 2.75) is 51.4 Å². The highest BCUT2D eigenvalue weighted by Crippen LogP contribution is 2.08. The Hall–Kier alpha value is -0.160. The van der Waals surface area contributed by atoms with E-state index in [4.69, 9.17) is 10.2 Å². The van der Waals surface area contributed by atoms with E-state index < -0.39 is 0 Å². The molecule has 0 unspecified atom stereocenters. The molecule has 0 saturated carbocycles. The molecule has 0 spiro atoms. The molecule has 0 amide bonds. The van der Waals surface area contributed by atoms with Crippen LogP contribution in [0.2, 0.25) is 0 Å². The maximum Gasteiger partial charge on any atom is 0.0431 e.